The van der Waals surface area contributed by atoms with Gasteiger partial charge in [-0.25, -0.2) is 0 Å². The molecule has 0 bridgehead atoms. The first-order valence-corrected chi connectivity index (χ1v) is 6.53. The summed E-state index contributed by atoms with van der Waals surface area (Å²) in [5.41, 5.74) is 1.32. The summed E-state index contributed by atoms with van der Waals surface area (Å²) in [6.07, 6.45) is 1.16. The van der Waals surface area contributed by atoms with Gasteiger partial charge >= 0.3 is 0 Å². The van der Waals surface area contributed by atoms with E-state index in [1.807, 2.05) is 26.0 Å². The van der Waals surface area contributed by atoms with Crippen molar-refractivity contribution in [1.29, 1.82) is 0 Å². The second kappa shape index (κ2) is 5.42. The molecule has 18 heavy (non-hydrogen) atoms. The number of methoxy groups -OCH3 is 1. The Kier molecular flexibility index (Phi) is 3.90. The molecule has 0 spiro atoms. The van der Waals surface area contributed by atoms with Crippen LogP contribution in [0.1, 0.15) is 31.7 Å². The lowest BCUT2D eigenvalue weighted by Crippen LogP contribution is -2.29. The zero-order chi connectivity index (χ0) is 13.1. The molecule has 1 aromatic rings. The van der Waals surface area contributed by atoms with Crippen molar-refractivity contribution in [2.24, 2.45) is 11.8 Å². The fourth-order valence-electron chi connectivity index (χ4n) is 2.19. The summed E-state index contributed by atoms with van der Waals surface area (Å²) in [5, 5.41) is 3.00. The van der Waals surface area contributed by atoms with Crippen molar-refractivity contribution in [3.63, 3.8) is 0 Å². The summed E-state index contributed by atoms with van der Waals surface area (Å²) in [4.78, 5) is 11.5. The van der Waals surface area contributed by atoms with Crippen LogP contribution in [-0.2, 0) is 4.79 Å². The van der Waals surface area contributed by atoms with Gasteiger partial charge < -0.3 is 10.1 Å². The van der Waals surface area contributed by atoms with Crippen molar-refractivity contribution in [2.45, 2.75) is 26.2 Å². The molecule has 2 unspecified atom stereocenters. The van der Waals surface area contributed by atoms with E-state index in [2.05, 4.69) is 17.4 Å². The van der Waals surface area contributed by atoms with Gasteiger partial charge in [0, 0.05) is 12.5 Å². The van der Waals surface area contributed by atoms with Crippen molar-refractivity contribution in [2.75, 3.05) is 13.7 Å². The molecule has 3 nitrogen and oxygen atoms in total. The highest BCUT2D eigenvalue weighted by molar-refractivity contribution is 5.77. The number of rotatable bonds is 5. The van der Waals surface area contributed by atoms with E-state index >= 15 is 0 Å². The molecule has 0 aliphatic heterocycles. The molecular formula is C15H21NO2. The molecule has 1 aromatic carbocycles. The highest BCUT2D eigenvalue weighted by Crippen LogP contribution is 2.47. The Hall–Kier alpha value is -1.51. The van der Waals surface area contributed by atoms with Crippen LogP contribution >= 0.6 is 0 Å². The Morgan fingerprint density at radius 1 is 1.50 bits per heavy atom. The number of hydrogen-bond acceptors (Lipinski definition) is 2. The molecule has 1 amide bonds. The summed E-state index contributed by atoms with van der Waals surface area (Å²) < 4.78 is 5.23. The molecule has 2 rings (SSSR count). The molecule has 3 heteroatoms. The van der Waals surface area contributed by atoms with Crippen molar-refractivity contribution in [1.82, 2.24) is 5.32 Å². The van der Waals surface area contributed by atoms with Crippen molar-refractivity contribution in [3.05, 3.63) is 29.8 Å². The van der Waals surface area contributed by atoms with E-state index < -0.39 is 0 Å². The summed E-state index contributed by atoms with van der Waals surface area (Å²) >= 11 is 0. The van der Waals surface area contributed by atoms with E-state index in [4.69, 9.17) is 4.74 Å². The highest BCUT2D eigenvalue weighted by Gasteiger charge is 2.38. The minimum Gasteiger partial charge on any atom is -0.497 e. The summed E-state index contributed by atoms with van der Waals surface area (Å²) in [5.74, 6) is 2.28. The lowest BCUT2D eigenvalue weighted by Gasteiger charge is -2.07. The van der Waals surface area contributed by atoms with E-state index in [1.54, 1.807) is 7.11 Å². The van der Waals surface area contributed by atoms with Crippen molar-refractivity contribution in [3.8, 4) is 5.75 Å². The Balaban J connectivity index is 1.85. The third-order valence-corrected chi connectivity index (χ3v) is 3.51. The van der Waals surface area contributed by atoms with Crippen LogP contribution in [0.2, 0.25) is 0 Å². The van der Waals surface area contributed by atoms with E-state index in [0.29, 0.717) is 11.8 Å². The first kappa shape index (κ1) is 12.9. The Labute approximate surface area is 109 Å². The topological polar surface area (TPSA) is 38.3 Å². The van der Waals surface area contributed by atoms with Gasteiger partial charge in [-0.1, -0.05) is 26.0 Å². The minimum absolute atomic E-state index is 0.0685. The minimum atomic E-state index is 0.0685. The fourth-order valence-corrected chi connectivity index (χ4v) is 2.19. The van der Waals surface area contributed by atoms with Crippen LogP contribution in [-0.4, -0.2) is 19.6 Å². The third-order valence-electron chi connectivity index (χ3n) is 3.51. The van der Waals surface area contributed by atoms with Crippen LogP contribution in [0.25, 0.3) is 0 Å². The van der Waals surface area contributed by atoms with Crippen LogP contribution < -0.4 is 10.1 Å². The van der Waals surface area contributed by atoms with Gasteiger partial charge in [0.2, 0.25) is 5.91 Å². The molecule has 2 atom stereocenters. The molecule has 0 heterocycles. The monoisotopic (exact) mass is 247 g/mol. The maximum Gasteiger partial charge on any atom is 0.222 e. The van der Waals surface area contributed by atoms with Crippen LogP contribution in [0.3, 0.4) is 0 Å². The van der Waals surface area contributed by atoms with Crippen molar-refractivity contribution >= 4 is 5.91 Å². The van der Waals surface area contributed by atoms with Gasteiger partial charge in [-0.3, -0.25) is 4.79 Å². The number of amides is 1. The van der Waals surface area contributed by atoms with E-state index in [0.717, 1.165) is 18.7 Å². The van der Waals surface area contributed by atoms with Gasteiger partial charge in [0.25, 0.3) is 0 Å². The van der Waals surface area contributed by atoms with Gasteiger partial charge in [0.1, 0.15) is 5.75 Å². The normalized spacial score (nSPS) is 21.8. The molecule has 1 aliphatic carbocycles. The third kappa shape index (κ3) is 3.03. The smallest absolute Gasteiger partial charge is 0.222 e. The van der Waals surface area contributed by atoms with E-state index in [1.165, 1.54) is 5.56 Å². The molecule has 1 aliphatic rings. The number of nitrogens with one attached hydrogen (secondary N) is 1. The second-order valence-corrected chi connectivity index (χ2v) is 5.28. The van der Waals surface area contributed by atoms with Crippen LogP contribution in [0.15, 0.2) is 24.3 Å². The second-order valence-electron chi connectivity index (χ2n) is 5.28. The summed E-state index contributed by atoms with van der Waals surface area (Å²) in [7, 11) is 1.69. The van der Waals surface area contributed by atoms with Gasteiger partial charge in [-0.05, 0) is 36.0 Å². The van der Waals surface area contributed by atoms with E-state index in [9.17, 15) is 4.79 Å². The highest BCUT2D eigenvalue weighted by atomic mass is 16.5. The first-order chi connectivity index (χ1) is 8.61. The standard InChI is InChI=1S/C15H21NO2/c1-10(2)15(17)16-9-12-8-14(12)11-5-4-6-13(7-11)18-3/h4-7,10,12,14H,8-9H2,1-3H3,(H,16,17). The van der Waals surface area contributed by atoms with Crippen LogP contribution in [0.4, 0.5) is 0 Å². The molecule has 98 valence electrons. The van der Waals surface area contributed by atoms with Gasteiger partial charge in [-0.15, -0.1) is 0 Å². The molecule has 1 fully saturated rings. The van der Waals surface area contributed by atoms with Crippen LogP contribution in [0, 0.1) is 11.8 Å². The van der Waals surface area contributed by atoms with Gasteiger partial charge in [0.15, 0.2) is 0 Å². The lowest BCUT2D eigenvalue weighted by molar-refractivity contribution is -0.124. The number of hydrogen-bond donors (Lipinski definition) is 1. The number of ether oxygens (including phenoxy) is 1. The zero-order valence-corrected chi connectivity index (χ0v) is 11.3. The van der Waals surface area contributed by atoms with Gasteiger partial charge in [-0.2, -0.15) is 0 Å². The average molecular weight is 247 g/mol. The molecule has 1 saturated carbocycles. The Morgan fingerprint density at radius 3 is 2.94 bits per heavy atom. The van der Waals surface area contributed by atoms with E-state index in [-0.39, 0.29) is 11.8 Å². The number of carbonyl (C=O) groups is 1. The molecule has 0 aromatic heterocycles. The predicted octanol–water partition coefficient (Wildman–Crippen LogP) is 2.57. The predicted molar refractivity (Wildman–Crippen MR) is 71.7 cm³/mol. The first-order valence-electron chi connectivity index (χ1n) is 6.53. The fraction of sp³-hybridized carbons (Fsp3) is 0.533. The SMILES string of the molecule is COc1cccc(C2CC2CNC(=O)C(C)C)c1. The number of carbonyl (C=O) groups excluding carboxylic acids is 1. The Bertz CT molecular complexity index is 428. The van der Waals surface area contributed by atoms with Crippen LogP contribution in [0.5, 0.6) is 5.75 Å². The zero-order valence-electron chi connectivity index (χ0n) is 11.3. The van der Waals surface area contributed by atoms with Gasteiger partial charge in [0.05, 0.1) is 7.11 Å². The summed E-state index contributed by atoms with van der Waals surface area (Å²) in [6.45, 7) is 4.63. The average Bonchev–Trinajstić information content (AvgIpc) is 3.15. The molecular weight excluding hydrogens is 226 g/mol. The largest absolute Gasteiger partial charge is 0.497 e. The summed E-state index contributed by atoms with van der Waals surface area (Å²) in [6, 6.07) is 8.21. The van der Waals surface area contributed by atoms with Crippen molar-refractivity contribution < 1.29 is 9.53 Å². The maximum absolute atomic E-state index is 11.5. The Morgan fingerprint density at radius 2 is 2.28 bits per heavy atom. The lowest BCUT2D eigenvalue weighted by atomic mass is 10.1. The number of benzene rings is 1. The quantitative estimate of drug-likeness (QED) is 0.868. The molecule has 0 radical (unpaired) electrons. The maximum atomic E-state index is 11.5. The molecule has 1 N–H and O–H groups in total. The molecule has 0 saturated heterocycles.